The topological polar surface area (TPSA) is 104 Å². The number of aromatic nitrogens is 1. The van der Waals surface area contributed by atoms with E-state index in [-0.39, 0.29) is 34.9 Å². The summed E-state index contributed by atoms with van der Waals surface area (Å²) < 4.78 is 36.8. The zero-order valence-corrected chi connectivity index (χ0v) is 33.1. The zero-order valence-electron chi connectivity index (χ0n) is 32.3. The maximum atomic E-state index is 15.4. The molecule has 6 atom stereocenters. The molecule has 10 nitrogen and oxygen atoms in total. The van der Waals surface area contributed by atoms with Gasteiger partial charge in [-0.2, -0.15) is 12.7 Å². The second-order valence-electron chi connectivity index (χ2n) is 17.5. The lowest BCUT2D eigenvalue weighted by Gasteiger charge is -2.81. The lowest BCUT2D eigenvalue weighted by Crippen LogP contribution is -2.90. The highest BCUT2D eigenvalue weighted by molar-refractivity contribution is 7.87. The first-order valence-corrected chi connectivity index (χ1v) is 21.6. The Bertz CT molecular complexity index is 2340. The average Bonchev–Trinajstić information content (AvgIpc) is 3.83. The second kappa shape index (κ2) is 12.4. The number of benzene rings is 3. The van der Waals surface area contributed by atoms with Gasteiger partial charge in [0.25, 0.3) is 5.91 Å². The van der Waals surface area contributed by atoms with Gasteiger partial charge in [0, 0.05) is 78.7 Å². The van der Waals surface area contributed by atoms with Crippen LogP contribution < -0.4 is 9.46 Å². The molecular formula is C44H51N5O5S. The van der Waals surface area contributed by atoms with E-state index in [0.717, 1.165) is 70.9 Å². The van der Waals surface area contributed by atoms with Gasteiger partial charge in [0.15, 0.2) is 0 Å². The predicted molar refractivity (Wildman–Crippen MR) is 212 cm³/mol. The summed E-state index contributed by atoms with van der Waals surface area (Å²) in [6, 6.07) is 23.7. The van der Waals surface area contributed by atoms with Crippen molar-refractivity contribution in [2.45, 2.75) is 101 Å². The Hall–Kier alpha value is -4.19. The largest absolute Gasteiger partial charge is 0.497 e. The molecule has 3 heterocycles. The van der Waals surface area contributed by atoms with Gasteiger partial charge in [-0.3, -0.25) is 14.5 Å². The molecule has 0 bridgehead atoms. The quantitative estimate of drug-likeness (QED) is 0.205. The number of carbonyl (C=O) groups excluding carboxylic acids is 2. The summed E-state index contributed by atoms with van der Waals surface area (Å²) in [4.78, 5) is 33.7. The number of amides is 2. The Kier molecular flexibility index (Phi) is 7.95. The van der Waals surface area contributed by atoms with E-state index in [9.17, 15) is 13.2 Å². The first-order valence-electron chi connectivity index (χ1n) is 20.1. The van der Waals surface area contributed by atoms with Crippen LogP contribution in [0.1, 0.15) is 96.7 Å². The molecule has 1 aromatic heterocycles. The number of fused-ring (bicyclic) bond motifs is 7. The van der Waals surface area contributed by atoms with Gasteiger partial charge >= 0.3 is 10.2 Å². The monoisotopic (exact) mass is 761 g/mol. The lowest BCUT2D eigenvalue weighted by atomic mass is 9.39. The van der Waals surface area contributed by atoms with Crippen LogP contribution in [-0.2, 0) is 28.1 Å². The number of methoxy groups -OCH3 is 1. The van der Waals surface area contributed by atoms with E-state index in [4.69, 9.17) is 4.74 Å². The van der Waals surface area contributed by atoms with E-state index in [1.165, 1.54) is 56.5 Å². The van der Waals surface area contributed by atoms with Crippen molar-refractivity contribution >= 4 is 32.9 Å². The number of carbonyl (C=O) groups is 2. The Morgan fingerprint density at radius 3 is 2.42 bits per heavy atom. The van der Waals surface area contributed by atoms with Crippen LogP contribution in [0, 0.1) is 10.8 Å². The number of piperidine rings is 2. The molecule has 1 N–H and O–H groups in total. The molecule has 6 unspecified atom stereocenters. The van der Waals surface area contributed by atoms with Crippen LogP contribution in [0.15, 0.2) is 66.7 Å². The van der Waals surface area contributed by atoms with Gasteiger partial charge in [-0.1, -0.05) is 55.7 Å². The number of hydrogen-bond acceptors (Lipinski definition) is 6. The Morgan fingerprint density at radius 2 is 1.73 bits per heavy atom. The summed E-state index contributed by atoms with van der Waals surface area (Å²) in [5.74, 6) is 0.811. The number of hydrogen-bond donors (Lipinski definition) is 1. The van der Waals surface area contributed by atoms with Gasteiger partial charge < -0.3 is 14.2 Å². The minimum absolute atomic E-state index is 0.0580. The van der Waals surface area contributed by atoms with E-state index in [2.05, 4.69) is 68.6 Å². The maximum Gasteiger partial charge on any atom is 0.303 e. The number of nitrogens with one attached hydrogen (secondary N) is 1. The molecule has 4 aliphatic carbocycles. The third-order valence-electron chi connectivity index (χ3n) is 14.8. The molecule has 1 spiro atoms. The van der Waals surface area contributed by atoms with E-state index >= 15 is 4.79 Å². The molecule has 5 fully saturated rings. The van der Waals surface area contributed by atoms with E-state index in [1.807, 2.05) is 18.2 Å². The van der Waals surface area contributed by atoms with Crippen LogP contribution in [-0.4, -0.2) is 85.3 Å². The fraction of sp³-hybridized carbons (Fsp3) is 0.500. The molecular weight excluding hydrogens is 711 g/mol. The van der Waals surface area contributed by atoms with Gasteiger partial charge in [-0.05, 0) is 98.5 Å². The van der Waals surface area contributed by atoms with Crippen molar-refractivity contribution in [3.63, 3.8) is 0 Å². The number of rotatable bonds is 9. The SMILES string of the molecule is COc1ccc2c(c1)C1CC1(C(=O)N1C3CCC34C(N(C)Cc3ccccc3)CC14)Cn1c-2c(C2CCCCC2)c2ccc(C(=O)NS(=O)(=O)N(C)C)cc21. The van der Waals surface area contributed by atoms with Crippen molar-refractivity contribution in [3.8, 4) is 17.0 Å². The molecule has 6 aliphatic rings. The van der Waals surface area contributed by atoms with Gasteiger partial charge in [0.05, 0.1) is 18.2 Å². The van der Waals surface area contributed by atoms with Gasteiger partial charge in [-0.15, -0.1) is 0 Å². The van der Waals surface area contributed by atoms with Crippen LogP contribution in [0.5, 0.6) is 5.75 Å². The first-order chi connectivity index (χ1) is 26.5. The fourth-order valence-electron chi connectivity index (χ4n) is 11.8. The van der Waals surface area contributed by atoms with Crippen molar-refractivity contribution in [2.24, 2.45) is 10.8 Å². The minimum atomic E-state index is -3.98. The van der Waals surface area contributed by atoms with Gasteiger partial charge in [-0.25, -0.2) is 4.72 Å². The van der Waals surface area contributed by atoms with E-state index in [1.54, 1.807) is 13.2 Å². The molecule has 11 heteroatoms. The van der Waals surface area contributed by atoms with E-state index in [0.29, 0.717) is 18.5 Å². The number of likely N-dealkylation sites (tertiary alicyclic amines) is 1. The fourth-order valence-corrected chi connectivity index (χ4v) is 12.3. The second-order valence-corrected chi connectivity index (χ2v) is 19.4. The van der Waals surface area contributed by atoms with Crippen molar-refractivity contribution < 1.29 is 22.7 Å². The summed E-state index contributed by atoms with van der Waals surface area (Å²) in [5, 5.41) is 1.09. The van der Waals surface area contributed by atoms with Crippen molar-refractivity contribution in [2.75, 3.05) is 28.3 Å². The number of ether oxygens (including phenoxy) is 1. The summed E-state index contributed by atoms with van der Waals surface area (Å²) in [7, 11) is 2.77. The number of nitrogens with zero attached hydrogens (tertiary/aromatic N) is 4. The highest BCUT2D eigenvalue weighted by Crippen LogP contribution is 2.73. The van der Waals surface area contributed by atoms with Gasteiger partial charge in [0.2, 0.25) is 5.91 Å². The predicted octanol–water partition coefficient (Wildman–Crippen LogP) is 6.65. The normalized spacial score (nSPS) is 29.1. The molecule has 55 heavy (non-hydrogen) atoms. The third kappa shape index (κ3) is 5.01. The Morgan fingerprint density at radius 1 is 0.945 bits per heavy atom. The maximum absolute atomic E-state index is 15.4. The van der Waals surface area contributed by atoms with Crippen LogP contribution in [0.3, 0.4) is 0 Å². The molecule has 4 aromatic rings. The van der Waals surface area contributed by atoms with Crippen molar-refractivity contribution in [3.05, 3.63) is 89.0 Å². The molecule has 3 aromatic carbocycles. The summed E-state index contributed by atoms with van der Waals surface area (Å²) in [6.07, 6.45) is 9.76. The smallest absolute Gasteiger partial charge is 0.303 e. The molecule has 4 saturated carbocycles. The molecule has 288 valence electrons. The highest BCUT2D eigenvalue weighted by Gasteiger charge is 2.79. The van der Waals surface area contributed by atoms with Crippen LogP contribution in [0.4, 0.5) is 0 Å². The Labute approximate surface area is 324 Å². The van der Waals surface area contributed by atoms with Crippen LogP contribution in [0.2, 0.25) is 0 Å². The minimum Gasteiger partial charge on any atom is -0.497 e. The molecule has 1 saturated heterocycles. The van der Waals surface area contributed by atoms with Crippen LogP contribution in [0.25, 0.3) is 22.2 Å². The molecule has 0 radical (unpaired) electrons. The first kappa shape index (κ1) is 35.2. The molecule has 2 amide bonds. The average molecular weight is 762 g/mol. The summed E-state index contributed by atoms with van der Waals surface area (Å²) in [5.41, 5.74) is 6.83. The van der Waals surface area contributed by atoms with Crippen molar-refractivity contribution in [1.29, 1.82) is 0 Å². The van der Waals surface area contributed by atoms with E-state index < -0.39 is 21.5 Å². The standard InChI is InChI=1S/C44H51N5O5S/c1-46(2)55(52,53)45-41(50)29-15-17-32-35(21-29)48-26-43(24-34(43)33-22-30(54-4)16-18-31(33)40(48)39(32)28-13-9-6-10-14-28)42(51)49-36-19-20-44(36)37(23-38(44)49)47(3)25-27-11-7-5-8-12-27/h5,7-8,11-12,15-18,21-22,28,34,36-38H,6,9-10,13-14,19-20,23-26H2,1-4H3,(H,45,50). The van der Waals surface area contributed by atoms with Crippen molar-refractivity contribution in [1.82, 2.24) is 23.4 Å². The lowest BCUT2D eigenvalue weighted by molar-refractivity contribution is -0.293. The Balaban J connectivity index is 1.05. The van der Waals surface area contributed by atoms with Gasteiger partial charge in [0.1, 0.15) is 5.75 Å². The summed E-state index contributed by atoms with van der Waals surface area (Å²) >= 11 is 0. The zero-order chi connectivity index (χ0) is 38.0. The van der Waals surface area contributed by atoms with Crippen LogP contribution >= 0.6 is 0 Å². The summed E-state index contributed by atoms with van der Waals surface area (Å²) in [6.45, 7) is 1.44. The molecule has 10 rings (SSSR count). The molecule has 2 aliphatic heterocycles. The highest BCUT2D eigenvalue weighted by atomic mass is 32.2. The third-order valence-corrected chi connectivity index (χ3v) is 16.2.